The Bertz CT molecular complexity index is 4020. The van der Waals surface area contributed by atoms with Crippen molar-refractivity contribution in [1.29, 1.82) is 0 Å². The van der Waals surface area contributed by atoms with Crippen LogP contribution in [0.5, 0.6) is 0 Å². The number of fused-ring (bicyclic) bond motifs is 18. The Morgan fingerprint density at radius 2 is 0.779 bits per heavy atom. The molecule has 1 aliphatic carbocycles. The highest BCUT2D eigenvalue weighted by Gasteiger charge is 2.30. The van der Waals surface area contributed by atoms with E-state index in [4.69, 9.17) is 25.0 Å². The Balaban J connectivity index is 1.06. The molecular weight excluding hydrogens is 913 g/mol. The van der Waals surface area contributed by atoms with E-state index in [1.165, 1.54) is 0 Å². The van der Waals surface area contributed by atoms with E-state index in [1.807, 2.05) is 24.3 Å². The van der Waals surface area contributed by atoms with E-state index >= 15 is 0 Å². The van der Waals surface area contributed by atoms with Crippen LogP contribution in [-0.2, 0) is 0 Å². The Labute approximate surface area is 406 Å². The van der Waals surface area contributed by atoms with Gasteiger partial charge in [0.2, 0.25) is 0 Å². The lowest BCUT2D eigenvalue weighted by atomic mass is 9.95. The van der Waals surface area contributed by atoms with Gasteiger partial charge < -0.3 is 15.0 Å². The SMILES string of the molecule is C1=CC2=C3N=C(N=c4[nH]/c(c5cc(Sc6ccccc6)ccc45)=N\c4[nH]c(c5cc(Sc6ccccc6)ccc45)N=c4[nH]c(c5cc(Sc6ccccc6)ccc45)=N3)C2C=C1Sc1ccccc1. The fraction of sp³-hybridized carbons (Fsp3) is 0.0179. The molecule has 1 atom stereocenters. The lowest BCUT2D eigenvalue weighted by Gasteiger charge is -2.15. The average Bonchev–Trinajstić information content (AvgIpc) is 4.10. The zero-order chi connectivity index (χ0) is 45.0. The van der Waals surface area contributed by atoms with Crippen LogP contribution in [0.3, 0.4) is 0 Å². The molecule has 13 rings (SSSR count). The van der Waals surface area contributed by atoms with Crippen molar-refractivity contribution < 1.29 is 0 Å². The number of aromatic amines is 3. The summed E-state index contributed by atoms with van der Waals surface area (Å²) in [5, 5.41) is 5.68. The molecule has 0 spiro atoms. The third-order valence-corrected chi connectivity index (χ3v) is 15.9. The minimum Gasteiger partial charge on any atom is -0.324 e. The normalized spacial score (nSPS) is 15.6. The summed E-state index contributed by atoms with van der Waals surface area (Å²) in [6.45, 7) is 0. The largest absolute Gasteiger partial charge is 0.324 e. The molecule has 3 N–H and O–H groups in total. The molecule has 7 aromatic carbocycles. The van der Waals surface area contributed by atoms with Gasteiger partial charge in [-0.1, -0.05) is 132 Å². The van der Waals surface area contributed by atoms with Crippen molar-refractivity contribution >= 4 is 96.8 Å². The number of H-pyrrole nitrogens is 3. The van der Waals surface area contributed by atoms with E-state index < -0.39 is 0 Å². The van der Waals surface area contributed by atoms with Gasteiger partial charge >= 0.3 is 0 Å². The fourth-order valence-electron chi connectivity index (χ4n) is 8.69. The molecule has 12 heteroatoms. The van der Waals surface area contributed by atoms with Gasteiger partial charge in [0.05, 0.1) is 5.92 Å². The lowest BCUT2D eigenvalue weighted by Crippen LogP contribution is -2.17. The van der Waals surface area contributed by atoms with Crippen molar-refractivity contribution in [2.45, 2.75) is 34.3 Å². The number of amidine groups is 1. The van der Waals surface area contributed by atoms with E-state index in [9.17, 15) is 0 Å². The van der Waals surface area contributed by atoms with Crippen LogP contribution in [-0.4, -0.2) is 20.8 Å². The summed E-state index contributed by atoms with van der Waals surface area (Å²) in [6, 6.07) is 61.3. The Hall–Kier alpha value is -7.35. The van der Waals surface area contributed by atoms with Crippen LogP contribution >= 0.6 is 47.0 Å². The molecule has 3 aliphatic rings. The molecule has 2 aliphatic heterocycles. The van der Waals surface area contributed by atoms with Gasteiger partial charge in [-0.15, -0.1) is 0 Å². The standard InChI is InChI=1S/C56H36N8S4/c1-5-13-33(14-6-1)65-37-21-25-41-45(29-37)53-57-49(41)62-54-47-31-39(67-35-17-9-3-10-18-35)23-27-43(47)51(59-54)64-56-48-32-40(68-36-19-11-4-12-20-36)24-28-44(48)52(60-56)63-55-46-30-38(66-34-15-7-2-8-16-34)22-26-42(46)50(58-55)61-53/h1-32,45,60H,(H,59,62,64)(H,57,58,61,63). The summed E-state index contributed by atoms with van der Waals surface area (Å²) in [6.07, 6.45) is 6.57. The van der Waals surface area contributed by atoms with Gasteiger partial charge in [0.15, 0.2) is 5.82 Å². The summed E-state index contributed by atoms with van der Waals surface area (Å²) in [5.74, 6) is 2.39. The molecule has 68 heavy (non-hydrogen) atoms. The van der Waals surface area contributed by atoms with Crippen LogP contribution < -0.4 is 22.0 Å². The zero-order valence-electron chi connectivity index (χ0n) is 35.9. The van der Waals surface area contributed by atoms with Gasteiger partial charge in [-0.3, -0.25) is 0 Å². The molecular formula is C56H36N8S4. The Kier molecular flexibility index (Phi) is 10.5. The third kappa shape index (κ3) is 7.94. The molecule has 10 aromatic rings. The molecule has 1 unspecified atom stereocenters. The summed E-state index contributed by atoms with van der Waals surface area (Å²) >= 11 is 6.88. The first-order valence-electron chi connectivity index (χ1n) is 22.1. The van der Waals surface area contributed by atoms with Crippen LogP contribution in [0.25, 0.3) is 32.3 Å². The number of benzene rings is 7. The number of aromatic nitrogens is 3. The number of rotatable bonds is 8. The van der Waals surface area contributed by atoms with E-state index in [2.05, 4.69) is 185 Å². The first-order chi connectivity index (χ1) is 33.6. The number of aliphatic imine (C=N–C) groups is 1. The highest BCUT2D eigenvalue weighted by molar-refractivity contribution is 8.03. The van der Waals surface area contributed by atoms with E-state index in [1.54, 1.807) is 47.0 Å². The summed E-state index contributed by atoms with van der Waals surface area (Å²) in [4.78, 5) is 47.0. The Morgan fingerprint density at radius 3 is 1.32 bits per heavy atom. The topological polar surface area (TPSA) is 109 Å². The van der Waals surface area contributed by atoms with Crippen LogP contribution in [0.1, 0.15) is 0 Å². The number of hydrogen-bond donors (Lipinski definition) is 3. The molecule has 0 radical (unpaired) electrons. The van der Waals surface area contributed by atoms with Crippen LogP contribution in [0.2, 0.25) is 0 Å². The molecule has 3 aromatic heterocycles. The number of allylic oxidation sites excluding steroid dienone is 2. The maximum Gasteiger partial charge on any atom is 0.160 e. The van der Waals surface area contributed by atoms with Crippen LogP contribution in [0, 0.1) is 5.92 Å². The first kappa shape index (κ1) is 40.9. The molecule has 0 saturated heterocycles. The average molecular weight is 949 g/mol. The van der Waals surface area contributed by atoms with Crippen molar-refractivity contribution in [3.8, 4) is 0 Å². The minimum absolute atomic E-state index is 0.237. The van der Waals surface area contributed by atoms with Crippen molar-refractivity contribution in [2.75, 3.05) is 0 Å². The molecule has 8 bridgehead atoms. The zero-order valence-corrected chi connectivity index (χ0v) is 39.2. The predicted octanol–water partition coefficient (Wildman–Crippen LogP) is 13.2. The molecule has 5 heterocycles. The second-order valence-corrected chi connectivity index (χ2v) is 20.9. The summed E-state index contributed by atoms with van der Waals surface area (Å²) < 4.78 is 0. The van der Waals surface area contributed by atoms with Crippen molar-refractivity contribution in [3.63, 3.8) is 0 Å². The number of nitrogens with zero attached hydrogens (tertiary/aromatic N) is 5. The quantitative estimate of drug-likeness (QED) is 0.141. The maximum absolute atomic E-state index is 5.43. The van der Waals surface area contributed by atoms with Crippen molar-refractivity contribution in [3.05, 3.63) is 232 Å². The van der Waals surface area contributed by atoms with Gasteiger partial charge in [0.25, 0.3) is 0 Å². The number of hydrogen-bond acceptors (Lipinski definition) is 9. The molecule has 0 amide bonds. The number of thioether (sulfide) groups is 1. The van der Waals surface area contributed by atoms with E-state index in [-0.39, 0.29) is 5.92 Å². The molecule has 8 nitrogen and oxygen atoms in total. The number of nitrogens with one attached hydrogen (secondary N) is 3. The molecule has 0 saturated carbocycles. The summed E-state index contributed by atoms with van der Waals surface area (Å²) in [7, 11) is 0. The fourth-order valence-corrected chi connectivity index (χ4v) is 12.2. The van der Waals surface area contributed by atoms with Crippen LogP contribution in [0.4, 0.5) is 11.6 Å². The highest BCUT2D eigenvalue weighted by atomic mass is 32.2. The minimum atomic E-state index is -0.237. The third-order valence-electron chi connectivity index (χ3n) is 11.9. The Morgan fingerprint density at radius 1 is 0.338 bits per heavy atom. The van der Waals surface area contributed by atoms with Gasteiger partial charge in [-0.2, -0.15) is 0 Å². The van der Waals surface area contributed by atoms with E-state index in [0.717, 1.165) is 77.1 Å². The smallest absolute Gasteiger partial charge is 0.160 e. The predicted molar refractivity (Wildman–Crippen MR) is 278 cm³/mol. The van der Waals surface area contributed by atoms with E-state index in [0.29, 0.717) is 45.2 Å². The van der Waals surface area contributed by atoms with Gasteiger partial charge in [-0.25, -0.2) is 25.0 Å². The van der Waals surface area contributed by atoms with Gasteiger partial charge in [-0.05, 0) is 109 Å². The maximum atomic E-state index is 5.43. The van der Waals surface area contributed by atoms with Gasteiger partial charge in [0.1, 0.15) is 39.4 Å². The van der Waals surface area contributed by atoms with Crippen LogP contribution in [0.15, 0.2) is 270 Å². The lowest BCUT2D eigenvalue weighted by molar-refractivity contribution is 1.02. The molecule has 0 fully saturated rings. The van der Waals surface area contributed by atoms with Crippen molar-refractivity contribution in [2.24, 2.45) is 30.9 Å². The monoisotopic (exact) mass is 948 g/mol. The summed E-state index contributed by atoms with van der Waals surface area (Å²) in [5.41, 5.74) is 3.70. The second-order valence-electron chi connectivity index (χ2n) is 16.3. The first-order valence-corrected chi connectivity index (χ1v) is 25.4. The highest BCUT2D eigenvalue weighted by Crippen LogP contribution is 2.41. The second kappa shape index (κ2) is 17.4. The van der Waals surface area contributed by atoms with Crippen molar-refractivity contribution in [1.82, 2.24) is 15.0 Å². The van der Waals surface area contributed by atoms with Gasteiger partial charge in [0, 0.05) is 77.1 Å². The molecule has 324 valence electrons.